The second-order valence-corrected chi connectivity index (χ2v) is 25.1. The molecule has 4 nitrogen and oxygen atoms in total. The Hall–Kier alpha value is -6.85. The molecule has 0 fully saturated rings. The van der Waals surface area contributed by atoms with Gasteiger partial charge < -0.3 is 9.80 Å². The predicted octanol–water partition coefficient (Wildman–Crippen LogP) is 15.4. The third kappa shape index (κ3) is 6.89. The molecule has 2 atom stereocenters. The molecule has 0 radical (unpaired) electrons. The first kappa shape index (κ1) is 46.2. The highest BCUT2D eigenvalue weighted by Gasteiger charge is 2.58. The van der Waals surface area contributed by atoms with Crippen LogP contribution in [0.25, 0.3) is 22.8 Å². The van der Waals surface area contributed by atoms with Crippen molar-refractivity contribution < 1.29 is 0 Å². The lowest BCUT2D eigenvalue weighted by Gasteiger charge is -2.48. The summed E-state index contributed by atoms with van der Waals surface area (Å²) in [5, 5.41) is 7.40. The van der Waals surface area contributed by atoms with Crippen molar-refractivity contribution in [2.75, 3.05) is 9.80 Å². The number of aromatic amines is 1. The maximum absolute atomic E-state index is 4.34. The van der Waals surface area contributed by atoms with Crippen molar-refractivity contribution >= 4 is 68.9 Å². The highest BCUT2D eigenvalue weighted by Crippen LogP contribution is 2.64. The maximum Gasteiger partial charge on any atom is 0.252 e. The lowest BCUT2D eigenvalue weighted by molar-refractivity contribution is 0.296. The van der Waals surface area contributed by atoms with Gasteiger partial charge in [-0.3, -0.25) is 5.10 Å². The minimum absolute atomic E-state index is 0.0136. The van der Waals surface area contributed by atoms with Crippen LogP contribution in [0.1, 0.15) is 138 Å². The Bertz CT molecular complexity index is 3540. The molecule has 0 amide bonds. The van der Waals surface area contributed by atoms with E-state index >= 15 is 0 Å². The number of hydrogen-bond donors (Lipinski definition) is 1. The molecule has 2 unspecified atom stereocenters. The Labute approximate surface area is 429 Å². The fourth-order valence-electron chi connectivity index (χ4n) is 13.2. The number of allylic oxidation sites excluding steroid dienone is 1. The second-order valence-electron chi connectivity index (χ2n) is 25.1. The Morgan fingerprint density at radius 2 is 1.25 bits per heavy atom. The van der Waals surface area contributed by atoms with Crippen LogP contribution in [0, 0.1) is 13.8 Å². The van der Waals surface area contributed by atoms with Gasteiger partial charge in [-0.1, -0.05) is 167 Å². The van der Waals surface area contributed by atoms with E-state index in [1.807, 2.05) is 12.4 Å². The topological polar surface area (TPSA) is 35.2 Å². The van der Waals surface area contributed by atoms with Gasteiger partial charge in [-0.15, -0.1) is 0 Å². The fraction of sp³-hybridized carbons (Fsp3) is 0.299. The van der Waals surface area contributed by atoms with Gasteiger partial charge in [0.15, 0.2) is 0 Å². The third-order valence-corrected chi connectivity index (χ3v) is 17.5. The zero-order valence-electron chi connectivity index (χ0n) is 44.8. The summed E-state index contributed by atoms with van der Waals surface area (Å²) in [7, 11) is 0. The molecule has 2 aliphatic heterocycles. The van der Waals surface area contributed by atoms with Crippen molar-refractivity contribution in [2.45, 2.75) is 130 Å². The molecular formula is C67H69BN4. The van der Waals surface area contributed by atoms with Crippen LogP contribution < -0.4 is 26.2 Å². The van der Waals surface area contributed by atoms with Crippen molar-refractivity contribution in [2.24, 2.45) is 0 Å². The van der Waals surface area contributed by atoms with Crippen LogP contribution in [0.3, 0.4) is 0 Å². The first-order valence-corrected chi connectivity index (χ1v) is 26.3. The highest BCUT2D eigenvalue weighted by atomic mass is 15.2. The van der Waals surface area contributed by atoms with E-state index in [1.54, 1.807) is 0 Å². The van der Waals surface area contributed by atoms with E-state index in [-0.39, 0.29) is 33.8 Å². The van der Waals surface area contributed by atoms with Gasteiger partial charge in [0.1, 0.15) is 0 Å². The number of hydrogen-bond acceptors (Lipinski definition) is 3. The molecule has 7 aromatic carbocycles. The molecule has 5 heteroatoms. The Kier molecular flexibility index (Phi) is 10.2. The summed E-state index contributed by atoms with van der Waals surface area (Å²) in [6.45, 7) is 30.6. The lowest BCUT2D eigenvalue weighted by atomic mass is 9.33. The zero-order valence-corrected chi connectivity index (χ0v) is 44.8. The van der Waals surface area contributed by atoms with E-state index in [1.165, 1.54) is 117 Å². The van der Waals surface area contributed by atoms with Crippen molar-refractivity contribution in [3.05, 3.63) is 201 Å². The number of aryl methyl sites for hydroxylation is 3. The molecule has 2 aliphatic carbocycles. The predicted molar refractivity (Wildman–Crippen MR) is 307 cm³/mol. The second kappa shape index (κ2) is 15.8. The molecule has 0 bridgehead atoms. The van der Waals surface area contributed by atoms with Crippen LogP contribution in [0.5, 0.6) is 0 Å². The van der Waals surface area contributed by atoms with Gasteiger partial charge in [-0.05, 0) is 175 Å². The number of benzene rings is 7. The van der Waals surface area contributed by atoms with Crippen LogP contribution in [0.15, 0.2) is 146 Å². The molecule has 1 aromatic heterocycles. The van der Waals surface area contributed by atoms with Crippen LogP contribution in [-0.4, -0.2) is 16.9 Å². The SMILES string of the molecule is Cc1cc2c3c(c1)N(c1ccc(C(C)(C)C)cc1C)c1ccc(C(C)(C)C)cc1B3c1ccc(/C=C3\c4ccc(-c5cn[nH]c5)cc4C4(C)CCc5ccccc5C34C)cc1N2c1ccc(C(C)(C)C)cc1. The normalized spacial score (nSPS) is 19.4. The molecule has 1 N–H and O–H groups in total. The largest absolute Gasteiger partial charge is 0.311 e. The molecule has 360 valence electrons. The number of H-pyrrole nitrogens is 1. The molecule has 8 aromatic rings. The minimum Gasteiger partial charge on any atom is -0.311 e. The summed E-state index contributed by atoms with van der Waals surface area (Å²) < 4.78 is 0. The minimum atomic E-state index is -0.255. The monoisotopic (exact) mass is 941 g/mol. The standard InChI is InChI=1S/C67H69BN4/c1-41-32-60-62-61(33-41)72(57-28-22-48(34-42(57)2)64(6,7)8)58-29-23-49(65(9,10)11)38-56(58)68(62)55-27-18-43(36-59(55)71(60)50-24-20-47(21-25-50)63(3,4)5)35-54-51-26-19-45(46-39-69-70-40-46)37-53(51)66(12)31-30-44-16-14-15-17-52(44)67(54,66)13/h14-29,32-40H,30-31H2,1-13H3,(H,69,70)/b54-35+. The van der Waals surface area contributed by atoms with E-state index in [9.17, 15) is 0 Å². The molecule has 0 spiro atoms. The van der Waals surface area contributed by atoms with E-state index in [4.69, 9.17) is 0 Å². The van der Waals surface area contributed by atoms with Crippen molar-refractivity contribution in [3.63, 3.8) is 0 Å². The maximum atomic E-state index is 4.34. The number of fused-ring (bicyclic) bond motifs is 9. The Morgan fingerprint density at radius 1 is 0.583 bits per heavy atom. The van der Waals surface area contributed by atoms with Crippen LogP contribution in [0.4, 0.5) is 34.1 Å². The average molecular weight is 941 g/mol. The van der Waals surface area contributed by atoms with Crippen LogP contribution >= 0.6 is 0 Å². The first-order chi connectivity index (χ1) is 34.1. The summed E-state index contributed by atoms with van der Waals surface area (Å²) >= 11 is 0. The summed E-state index contributed by atoms with van der Waals surface area (Å²) in [4.78, 5) is 5.19. The van der Waals surface area contributed by atoms with E-state index in [0.29, 0.717) is 0 Å². The van der Waals surface area contributed by atoms with Crippen molar-refractivity contribution in [1.82, 2.24) is 10.2 Å². The smallest absolute Gasteiger partial charge is 0.252 e. The van der Waals surface area contributed by atoms with Gasteiger partial charge in [0.05, 0.1) is 6.20 Å². The molecular weight excluding hydrogens is 872 g/mol. The van der Waals surface area contributed by atoms with Gasteiger partial charge in [0.25, 0.3) is 6.71 Å². The number of nitrogens with one attached hydrogen (secondary N) is 1. The van der Waals surface area contributed by atoms with Gasteiger partial charge in [0.2, 0.25) is 0 Å². The number of nitrogens with zero attached hydrogens (tertiary/aromatic N) is 3. The van der Waals surface area contributed by atoms with Gasteiger partial charge >= 0.3 is 0 Å². The number of rotatable bonds is 4. The summed E-state index contributed by atoms with van der Waals surface area (Å²) in [5.41, 5.74) is 28.3. The van der Waals surface area contributed by atoms with Gasteiger partial charge in [-0.2, -0.15) is 5.10 Å². The summed E-state index contributed by atoms with van der Waals surface area (Å²) in [6.07, 6.45) is 8.66. The van der Waals surface area contributed by atoms with Crippen molar-refractivity contribution in [3.8, 4) is 11.1 Å². The van der Waals surface area contributed by atoms with Gasteiger partial charge in [0, 0.05) is 56.7 Å². The van der Waals surface area contributed by atoms with E-state index < -0.39 is 0 Å². The van der Waals surface area contributed by atoms with Crippen molar-refractivity contribution in [1.29, 1.82) is 0 Å². The molecule has 12 rings (SSSR count). The van der Waals surface area contributed by atoms with Crippen LogP contribution in [0.2, 0.25) is 0 Å². The van der Waals surface area contributed by atoms with Gasteiger partial charge in [-0.25, -0.2) is 0 Å². The quantitative estimate of drug-likeness (QED) is 0.179. The van der Waals surface area contributed by atoms with E-state index in [0.717, 1.165) is 18.4 Å². The molecule has 3 heterocycles. The molecule has 0 saturated carbocycles. The Balaban J connectivity index is 1.12. The average Bonchev–Trinajstić information content (AvgIpc) is 3.95. The number of anilines is 6. The highest BCUT2D eigenvalue weighted by molar-refractivity contribution is 7.00. The number of aromatic nitrogens is 2. The molecule has 0 saturated heterocycles. The van der Waals surface area contributed by atoms with Crippen LogP contribution in [-0.2, 0) is 33.5 Å². The molecule has 4 aliphatic rings. The fourth-order valence-corrected chi connectivity index (χ4v) is 13.2. The summed E-state index contributed by atoms with van der Waals surface area (Å²) in [6, 6.07) is 52.7. The lowest BCUT2D eigenvalue weighted by Crippen LogP contribution is -2.61. The van der Waals surface area contributed by atoms with E-state index in [2.05, 4.69) is 250 Å². The summed E-state index contributed by atoms with van der Waals surface area (Å²) in [5.74, 6) is 0. The third-order valence-electron chi connectivity index (χ3n) is 17.5. The Morgan fingerprint density at radius 3 is 1.93 bits per heavy atom. The molecule has 72 heavy (non-hydrogen) atoms. The zero-order chi connectivity index (χ0) is 50.4. The first-order valence-electron chi connectivity index (χ1n) is 26.3.